The number of pyridine rings is 1. The molecule has 0 spiro atoms. The van der Waals surface area contributed by atoms with E-state index in [-0.39, 0.29) is 11.5 Å². The Balaban J connectivity index is 2.40. The number of hydrogen-bond donors (Lipinski definition) is 2. The maximum absolute atomic E-state index is 11.8. The quantitative estimate of drug-likeness (QED) is 0.342. The lowest BCUT2D eigenvalue weighted by Gasteiger charge is -2.07. The summed E-state index contributed by atoms with van der Waals surface area (Å²) in [6, 6.07) is 1.73. The number of carbonyl (C=O) groups is 1. The van der Waals surface area contributed by atoms with Crippen LogP contribution in [0.25, 0.3) is 0 Å². The van der Waals surface area contributed by atoms with Gasteiger partial charge in [-0.1, -0.05) is 6.42 Å². The third-order valence-electron chi connectivity index (χ3n) is 2.47. The van der Waals surface area contributed by atoms with Gasteiger partial charge in [0.15, 0.2) is 0 Å². The van der Waals surface area contributed by atoms with Gasteiger partial charge in [-0.05, 0) is 50.8 Å². The molecular weight excluding hydrogens is 366 g/mol. The third-order valence-corrected chi connectivity index (χ3v) is 3.47. The topological polar surface area (TPSA) is 77.1 Å². The van der Waals surface area contributed by atoms with Crippen LogP contribution in [0.1, 0.15) is 25.7 Å². The highest BCUT2D eigenvalue weighted by Gasteiger charge is 2.03. The molecule has 0 saturated carbocycles. The minimum atomic E-state index is -0.155. The van der Waals surface area contributed by atoms with Crippen LogP contribution in [0.5, 0.6) is 0 Å². The van der Waals surface area contributed by atoms with Crippen LogP contribution in [0.15, 0.2) is 26.0 Å². The van der Waals surface area contributed by atoms with Crippen LogP contribution in [0.3, 0.4) is 0 Å². The van der Waals surface area contributed by atoms with Crippen LogP contribution < -0.4 is 16.8 Å². The fourth-order valence-electron chi connectivity index (χ4n) is 1.55. The second-order valence-corrected chi connectivity index (χ2v) is 5.65. The van der Waals surface area contributed by atoms with Gasteiger partial charge in [0.2, 0.25) is 5.91 Å². The van der Waals surface area contributed by atoms with Crippen LogP contribution in [0.4, 0.5) is 0 Å². The van der Waals surface area contributed by atoms with Gasteiger partial charge in [0.25, 0.3) is 5.56 Å². The van der Waals surface area contributed by atoms with Crippen molar-refractivity contribution in [1.82, 2.24) is 9.99 Å². The molecule has 100 valence electrons. The fraction of sp³-hybridized carbons (Fsp3) is 0.455. The summed E-state index contributed by atoms with van der Waals surface area (Å²) in [5.74, 6) is 4.82. The lowest BCUT2D eigenvalue weighted by molar-refractivity contribution is -0.121. The normalized spacial score (nSPS) is 10.4. The molecule has 1 aromatic heterocycles. The highest BCUT2D eigenvalue weighted by atomic mass is 79.9. The smallest absolute Gasteiger partial charge is 0.264 e. The maximum atomic E-state index is 11.8. The Labute approximate surface area is 122 Å². The first kappa shape index (κ1) is 15.4. The van der Waals surface area contributed by atoms with Crippen LogP contribution in [0.2, 0.25) is 0 Å². The number of aryl methyl sites for hydroxylation is 1. The molecule has 0 unspecified atom stereocenters. The van der Waals surface area contributed by atoms with Crippen LogP contribution in [-0.2, 0) is 11.3 Å². The Morgan fingerprint density at radius 2 is 2.06 bits per heavy atom. The molecule has 0 atom stereocenters. The zero-order chi connectivity index (χ0) is 13.5. The molecule has 18 heavy (non-hydrogen) atoms. The molecule has 0 bridgehead atoms. The van der Waals surface area contributed by atoms with Gasteiger partial charge in [-0.3, -0.25) is 15.0 Å². The van der Waals surface area contributed by atoms with Crippen molar-refractivity contribution in [3.8, 4) is 0 Å². The van der Waals surface area contributed by atoms with Crippen molar-refractivity contribution < 1.29 is 4.79 Å². The first-order valence-corrected chi connectivity index (χ1v) is 7.18. The second-order valence-electron chi connectivity index (χ2n) is 3.88. The Bertz CT molecular complexity index is 474. The van der Waals surface area contributed by atoms with Gasteiger partial charge >= 0.3 is 0 Å². The number of amides is 1. The van der Waals surface area contributed by atoms with E-state index >= 15 is 0 Å². The van der Waals surface area contributed by atoms with Crippen molar-refractivity contribution in [3.05, 3.63) is 31.6 Å². The van der Waals surface area contributed by atoms with E-state index in [2.05, 4.69) is 37.3 Å². The molecule has 0 saturated heterocycles. The molecule has 0 aliphatic rings. The van der Waals surface area contributed by atoms with Crippen molar-refractivity contribution in [1.29, 1.82) is 0 Å². The molecule has 1 heterocycles. The van der Waals surface area contributed by atoms with E-state index in [1.165, 1.54) is 0 Å². The molecule has 0 radical (unpaired) electrons. The molecule has 0 aliphatic heterocycles. The SMILES string of the molecule is NNC(=O)CCCCCn1cc(Br)cc(Br)c1=O. The Morgan fingerprint density at radius 3 is 2.72 bits per heavy atom. The van der Waals surface area contributed by atoms with E-state index in [0.717, 1.165) is 23.7 Å². The predicted molar refractivity (Wildman–Crippen MR) is 76.9 cm³/mol. The van der Waals surface area contributed by atoms with E-state index < -0.39 is 0 Å². The number of nitrogens with two attached hydrogens (primary N) is 1. The summed E-state index contributed by atoms with van der Waals surface area (Å²) < 4.78 is 3.05. The van der Waals surface area contributed by atoms with Crippen molar-refractivity contribution in [2.24, 2.45) is 5.84 Å². The van der Waals surface area contributed by atoms with E-state index in [1.807, 2.05) is 0 Å². The highest BCUT2D eigenvalue weighted by Crippen LogP contribution is 2.13. The molecule has 3 N–H and O–H groups in total. The van der Waals surface area contributed by atoms with E-state index in [0.29, 0.717) is 17.4 Å². The number of unbranched alkanes of at least 4 members (excludes halogenated alkanes) is 2. The summed E-state index contributed by atoms with van der Waals surface area (Å²) >= 11 is 6.56. The molecule has 0 fully saturated rings. The summed E-state index contributed by atoms with van der Waals surface area (Å²) in [5, 5.41) is 0. The summed E-state index contributed by atoms with van der Waals surface area (Å²) in [7, 11) is 0. The molecule has 1 rings (SSSR count). The van der Waals surface area contributed by atoms with Crippen molar-refractivity contribution in [2.45, 2.75) is 32.2 Å². The summed E-state index contributed by atoms with van der Waals surface area (Å²) in [4.78, 5) is 22.6. The molecule has 5 nitrogen and oxygen atoms in total. The number of aromatic nitrogens is 1. The van der Waals surface area contributed by atoms with Gasteiger partial charge in [-0.25, -0.2) is 5.84 Å². The number of nitrogens with one attached hydrogen (secondary N) is 1. The Hall–Kier alpha value is -0.660. The largest absolute Gasteiger partial charge is 0.313 e. The van der Waals surface area contributed by atoms with Crippen LogP contribution in [0, 0.1) is 0 Å². The average molecular weight is 381 g/mol. The third kappa shape index (κ3) is 4.91. The van der Waals surface area contributed by atoms with Gasteiger partial charge < -0.3 is 4.57 Å². The minimum absolute atomic E-state index is 0.0436. The highest BCUT2D eigenvalue weighted by molar-refractivity contribution is 9.11. The van der Waals surface area contributed by atoms with Gasteiger partial charge in [0.1, 0.15) is 0 Å². The Kier molecular flexibility index (Phi) is 6.59. The summed E-state index contributed by atoms with van der Waals surface area (Å²) in [6.45, 7) is 0.640. The number of halogens is 2. The number of hydrogen-bond acceptors (Lipinski definition) is 3. The Morgan fingerprint density at radius 1 is 1.33 bits per heavy atom. The monoisotopic (exact) mass is 379 g/mol. The van der Waals surface area contributed by atoms with Crippen molar-refractivity contribution in [3.63, 3.8) is 0 Å². The van der Waals surface area contributed by atoms with Crippen LogP contribution in [-0.4, -0.2) is 10.5 Å². The minimum Gasteiger partial charge on any atom is -0.313 e. The maximum Gasteiger partial charge on any atom is 0.264 e. The van der Waals surface area contributed by atoms with Crippen LogP contribution >= 0.6 is 31.9 Å². The number of rotatable bonds is 6. The molecular formula is C11H15Br2N3O2. The predicted octanol–water partition coefficient (Wildman–Crippen LogP) is 1.92. The molecule has 1 amide bonds. The second kappa shape index (κ2) is 7.70. The zero-order valence-electron chi connectivity index (χ0n) is 9.79. The first-order chi connectivity index (χ1) is 8.54. The molecule has 0 aromatic carbocycles. The lowest BCUT2D eigenvalue weighted by Crippen LogP contribution is -2.29. The van der Waals surface area contributed by atoms with Gasteiger partial charge in [-0.15, -0.1) is 0 Å². The first-order valence-electron chi connectivity index (χ1n) is 5.59. The fourth-order valence-corrected chi connectivity index (χ4v) is 2.81. The zero-order valence-corrected chi connectivity index (χ0v) is 13.0. The van der Waals surface area contributed by atoms with E-state index in [9.17, 15) is 9.59 Å². The molecule has 0 aliphatic carbocycles. The summed E-state index contributed by atoms with van der Waals surface area (Å²) in [6.07, 6.45) is 4.69. The summed E-state index contributed by atoms with van der Waals surface area (Å²) in [5.41, 5.74) is 2.05. The molecule has 1 aromatic rings. The average Bonchev–Trinajstić information content (AvgIpc) is 2.34. The van der Waals surface area contributed by atoms with Gasteiger partial charge in [0.05, 0.1) is 4.47 Å². The van der Waals surface area contributed by atoms with Crippen molar-refractivity contribution in [2.75, 3.05) is 0 Å². The number of nitrogens with zero attached hydrogens (tertiary/aromatic N) is 1. The molecule has 7 heteroatoms. The van der Waals surface area contributed by atoms with Gasteiger partial charge in [0, 0.05) is 23.6 Å². The standard InChI is InChI=1S/C11H15Br2N3O2/c12-8-6-9(13)11(18)16(7-8)5-3-1-2-4-10(17)15-14/h6-7H,1-5,14H2,(H,15,17). The van der Waals surface area contributed by atoms with Crippen molar-refractivity contribution >= 4 is 37.8 Å². The lowest BCUT2D eigenvalue weighted by atomic mass is 10.2. The number of hydrazine groups is 1. The van der Waals surface area contributed by atoms with Gasteiger partial charge in [-0.2, -0.15) is 0 Å². The van der Waals surface area contributed by atoms with E-state index in [4.69, 9.17) is 5.84 Å². The van der Waals surface area contributed by atoms with E-state index in [1.54, 1.807) is 16.8 Å². The number of carbonyl (C=O) groups excluding carboxylic acids is 1.